The fourth-order valence-electron chi connectivity index (χ4n) is 3.39. The number of amides is 1. The van der Waals surface area contributed by atoms with Crippen LogP contribution < -0.4 is 5.32 Å². The summed E-state index contributed by atoms with van der Waals surface area (Å²) in [6.45, 7) is 0.989. The number of carbonyl (C=O) groups is 1. The molecule has 0 aliphatic carbocycles. The molecule has 1 N–H and O–H groups in total. The van der Waals surface area contributed by atoms with E-state index < -0.39 is 10.0 Å². The number of sulfonamides is 1. The second-order valence-corrected chi connectivity index (χ2v) is 8.97. The first kappa shape index (κ1) is 18.7. The van der Waals surface area contributed by atoms with E-state index in [2.05, 4.69) is 10.5 Å². The number of hydrogen-bond donors (Lipinski definition) is 1. The molecular weight excluding hydrogens is 382 g/mol. The molecule has 0 unspecified atom stereocenters. The highest BCUT2D eigenvalue weighted by molar-refractivity contribution is 7.88. The Balaban J connectivity index is 1.34. The predicted octanol–water partition coefficient (Wildman–Crippen LogP) is 2.38. The van der Waals surface area contributed by atoms with E-state index in [9.17, 15) is 13.2 Å². The molecule has 1 aliphatic heterocycles. The molecule has 0 radical (unpaired) electrons. The topological polar surface area (TPSA) is 106 Å². The molecule has 1 fully saturated rings. The van der Waals surface area contributed by atoms with Crippen LogP contribution in [0, 0.1) is 5.92 Å². The van der Waals surface area contributed by atoms with Gasteiger partial charge in [-0.2, -0.15) is 0 Å². The molecule has 148 valence electrons. The van der Waals surface area contributed by atoms with Crippen molar-refractivity contribution in [2.24, 2.45) is 5.92 Å². The summed E-state index contributed by atoms with van der Waals surface area (Å²) in [5, 5.41) is 7.82. The lowest BCUT2D eigenvalue weighted by atomic mass is 9.97. The van der Waals surface area contributed by atoms with Crippen molar-refractivity contribution < 1.29 is 22.2 Å². The highest BCUT2D eigenvalue weighted by Gasteiger charge is 2.28. The molecule has 0 atom stereocenters. The zero-order valence-corrected chi connectivity index (χ0v) is 16.2. The minimum absolute atomic E-state index is 0.0959. The van der Waals surface area contributed by atoms with Crippen LogP contribution in [0.2, 0.25) is 0 Å². The molecule has 8 nitrogen and oxygen atoms in total. The maximum absolute atomic E-state index is 12.4. The van der Waals surface area contributed by atoms with Gasteiger partial charge in [-0.25, -0.2) is 12.7 Å². The average molecular weight is 403 g/mol. The van der Waals surface area contributed by atoms with E-state index in [-0.39, 0.29) is 18.4 Å². The van der Waals surface area contributed by atoms with E-state index in [1.807, 2.05) is 30.3 Å². The van der Waals surface area contributed by atoms with Crippen molar-refractivity contribution in [3.8, 4) is 11.5 Å². The number of para-hydroxylation sites is 1. The van der Waals surface area contributed by atoms with Gasteiger partial charge in [0.15, 0.2) is 5.76 Å². The van der Waals surface area contributed by atoms with Gasteiger partial charge in [-0.1, -0.05) is 23.4 Å². The number of aromatic nitrogens is 1. The number of benzene rings is 1. The lowest BCUT2D eigenvalue weighted by molar-refractivity contribution is -0.126. The minimum Gasteiger partial charge on any atom is -0.453 e. The van der Waals surface area contributed by atoms with Crippen LogP contribution in [0.15, 0.2) is 45.3 Å². The lowest BCUT2D eigenvalue weighted by Gasteiger charge is -2.29. The summed E-state index contributed by atoms with van der Waals surface area (Å²) >= 11 is 0. The van der Waals surface area contributed by atoms with Gasteiger partial charge in [-0.05, 0) is 25.0 Å². The third-order valence-corrected chi connectivity index (χ3v) is 6.27. The lowest BCUT2D eigenvalue weighted by Crippen LogP contribution is -2.42. The van der Waals surface area contributed by atoms with Crippen LogP contribution in [-0.4, -0.2) is 43.1 Å². The van der Waals surface area contributed by atoms with Gasteiger partial charge in [0.2, 0.25) is 21.7 Å². The average Bonchev–Trinajstić information content (AvgIpc) is 3.32. The first-order valence-corrected chi connectivity index (χ1v) is 10.9. The Morgan fingerprint density at radius 1 is 1.21 bits per heavy atom. The van der Waals surface area contributed by atoms with Crippen LogP contribution in [0.1, 0.15) is 18.5 Å². The molecule has 28 heavy (non-hydrogen) atoms. The van der Waals surface area contributed by atoms with Crippen molar-refractivity contribution in [2.45, 2.75) is 19.4 Å². The number of piperidine rings is 1. The van der Waals surface area contributed by atoms with E-state index in [0.717, 1.165) is 11.0 Å². The fourth-order valence-corrected chi connectivity index (χ4v) is 4.26. The van der Waals surface area contributed by atoms with Gasteiger partial charge in [-0.3, -0.25) is 4.79 Å². The van der Waals surface area contributed by atoms with Gasteiger partial charge in [0.25, 0.3) is 0 Å². The van der Waals surface area contributed by atoms with E-state index >= 15 is 0 Å². The predicted molar refractivity (Wildman–Crippen MR) is 103 cm³/mol. The van der Waals surface area contributed by atoms with Crippen LogP contribution in [0.3, 0.4) is 0 Å². The Labute approximate surface area is 162 Å². The number of rotatable bonds is 5. The Hall–Kier alpha value is -2.65. The van der Waals surface area contributed by atoms with Gasteiger partial charge in [-0.15, -0.1) is 0 Å². The van der Waals surface area contributed by atoms with Crippen molar-refractivity contribution in [3.63, 3.8) is 0 Å². The monoisotopic (exact) mass is 403 g/mol. The minimum atomic E-state index is -3.19. The van der Waals surface area contributed by atoms with E-state index in [1.165, 1.54) is 10.6 Å². The second-order valence-electron chi connectivity index (χ2n) is 6.99. The first-order valence-electron chi connectivity index (χ1n) is 9.07. The van der Waals surface area contributed by atoms with Gasteiger partial charge >= 0.3 is 0 Å². The molecule has 1 saturated heterocycles. The van der Waals surface area contributed by atoms with Crippen LogP contribution in [0.25, 0.3) is 22.5 Å². The molecule has 4 rings (SSSR count). The molecular formula is C19H21N3O5S. The molecule has 3 aromatic rings. The van der Waals surface area contributed by atoms with Gasteiger partial charge in [0.05, 0.1) is 12.8 Å². The van der Waals surface area contributed by atoms with Gasteiger partial charge in [0, 0.05) is 30.5 Å². The van der Waals surface area contributed by atoms with Crippen molar-refractivity contribution in [1.82, 2.24) is 14.8 Å². The molecule has 9 heteroatoms. The maximum Gasteiger partial charge on any atom is 0.223 e. The van der Waals surface area contributed by atoms with E-state index in [0.29, 0.717) is 43.1 Å². The Morgan fingerprint density at radius 3 is 2.68 bits per heavy atom. The second kappa shape index (κ2) is 7.40. The van der Waals surface area contributed by atoms with Gasteiger partial charge in [0.1, 0.15) is 11.3 Å². The molecule has 0 spiro atoms. The number of fused-ring (bicyclic) bond motifs is 1. The van der Waals surface area contributed by atoms with Gasteiger partial charge < -0.3 is 14.3 Å². The number of furan rings is 1. The van der Waals surface area contributed by atoms with Crippen LogP contribution >= 0.6 is 0 Å². The number of nitrogens with zero attached hydrogens (tertiary/aromatic N) is 2. The summed E-state index contributed by atoms with van der Waals surface area (Å²) in [7, 11) is -3.19. The number of hydrogen-bond acceptors (Lipinski definition) is 6. The fraction of sp³-hybridized carbons (Fsp3) is 0.368. The molecule has 1 amide bonds. The molecule has 2 aromatic heterocycles. The molecule has 0 bridgehead atoms. The third-order valence-electron chi connectivity index (χ3n) is 4.96. The largest absolute Gasteiger partial charge is 0.453 e. The van der Waals surface area contributed by atoms with Crippen molar-refractivity contribution >= 4 is 26.9 Å². The van der Waals surface area contributed by atoms with E-state index in [1.54, 1.807) is 6.07 Å². The summed E-state index contributed by atoms with van der Waals surface area (Å²) in [6.07, 6.45) is 2.22. The maximum atomic E-state index is 12.4. The molecule has 3 heterocycles. The SMILES string of the molecule is CS(=O)(=O)N1CCC(C(=O)NCc2cc(-c3cc4ccccc4o3)on2)CC1. The summed E-state index contributed by atoms with van der Waals surface area (Å²) in [4.78, 5) is 12.4. The van der Waals surface area contributed by atoms with Crippen molar-refractivity contribution in [1.29, 1.82) is 0 Å². The summed E-state index contributed by atoms with van der Waals surface area (Å²) in [6, 6.07) is 11.3. The smallest absolute Gasteiger partial charge is 0.223 e. The molecule has 1 aromatic carbocycles. The standard InChI is InChI=1S/C19H21N3O5S/c1-28(24,25)22-8-6-13(7-9-22)19(23)20-12-15-11-18(27-21-15)17-10-14-4-2-3-5-16(14)26-17/h2-5,10-11,13H,6-9,12H2,1H3,(H,20,23). The Kier molecular flexibility index (Phi) is 4.94. The highest BCUT2D eigenvalue weighted by Crippen LogP contribution is 2.28. The van der Waals surface area contributed by atoms with Crippen LogP contribution in [0.5, 0.6) is 0 Å². The summed E-state index contributed by atoms with van der Waals surface area (Å²) in [5.41, 5.74) is 1.36. The van der Waals surface area contributed by atoms with Crippen LogP contribution in [0.4, 0.5) is 0 Å². The molecule has 1 aliphatic rings. The number of nitrogens with one attached hydrogen (secondary N) is 1. The third kappa shape index (κ3) is 3.95. The quantitative estimate of drug-likeness (QED) is 0.701. The van der Waals surface area contributed by atoms with Crippen LogP contribution in [-0.2, 0) is 21.4 Å². The normalized spacial score (nSPS) is 16.5. The zero-order chi connectivity index (χ0) is 19.7. The molecule has 0 saturated carbocycles. The van der Waals surface area contributed by atoms with Crippen molar-refractivity contribution in [2.75, 3.05) is 19.3 Å². The van der Waals surface area contributed by atoms with E-state index in [4.69, 9.17) is 8.94 Å². The number of carbonyl (C=O) groups excluding carboxylic acids is 1. The zero-order valence-electron chi connectivity index (χ0n) is 15.4. The summed E-state index contributed by atoms with van der Waals surface area (Å²) < 4.78 is 35.6. The summed E-state index contributed by atoms with van der Waals surface area (Å²) in [5.74, 6) is 0.794. The highest BCUT2D eigenvalue weighted by atomic mass is 32.2. The Bertz CT molecular complexity index is 1060. The van der Waals surface area contributed by atoms with Crippen molar-refractivity contribution in [3.05, 3.63) is 42.1 Å². The Morgan fingerprint density at radius 2 is 1.96 bits per heavy atom. The first-order chi connectivity index (χ1) is 13.4.